The molecule has 25 heavy (non-hydrogen) atoms. The van der Waals surface area contributed by atoms with Gasteiger partial charge in [0.2, 0.25) is 0 Å². The first kappa shape index (κ1) is 15.7. The molecule has 2 aliphatic heterocycles. The molecule has 1 aromatic carbocycles. The summed E-state index contributed by atoms with van der Waals surface area (Å²) >= 11 is 0. The Balaban J connectivity index is 1.44. The molecule has 130 valence electrons. The maximum Gasteiger partial charge on any atom is 0.255 e. The zero-order valence-corrected chi connectivity index (χ0v) is 14.0. The van der Waals surface area contributed by atoms with E-state index < -0.39 is 0 Å². The Kier molecular flexibility index (Phi) is 4.17. The molecule has 2 amide bonds. The SMILES string of the molecule is O=C(c1cc[nH]c1)N1CCCN(C(=O)c2ccc3c(c2)CCO3)CC1. The van der Waals surface area contributed by atoms with Crippen LogP contribution in [0.4, 0.5) is 0 Å². The van der Waals surface area contributed by atoms with Crippen molar-refractivity contribution in [3.05, 3.63) is 53.3 Å². The van der Waals surface area contributed by atoms with E-state index in [0.29, 0.717) is 43.9 Å². The van der Waals surface area contributed by atoms with Crippen molar-refractivity contribution in [3.8, 4) is 5.75 Å². The summed E-state index contributed by atoms with van der Waals surface area (Å²) in [6.07, 6.45) is 5.10. The standard InChI is InChI=1S/C19H21N3O3/c23-18(15-2-3-17-14(12-15)5-11-25-17)21-7-1-8-22(10-9-21)19(24)16-4-6-20-13-16/h2-4,6,12-13,20H,1,5,7-11H2. The second-order valence-corrected chi connectivity index (χ2v) is 6.46. The van der Waals surface area contributed by atoms with Crippen LogP contribution in [0.3, 0.4) is 0 Å². The van der Waals surface area contributed by atoms with Crippen LogP contribution in [-0.2, 0) is 6.42 Å². The normalized spacial score (nSPS) is 17.0. The molecule has 4 rings (SSSR count). The lowest BCUT2D eigenvalue weighted by Gasteiger charge is -2.22. The predicted molar refractivity (Wildman–Crippen MR) is 92.9 cm³/mol. The van der Waals surface area contributed by atoms with Gasteiger partial charge in [0.25, 0.3) is 11.8 Å². The van der Waals surface area contributed by atoms with Gasteiger partial charge in [0, 0.05) is 50.6 Å². The number of rotatable bonds is 2. The number of carbonyl (C=O) groups excluding carboxylic acids is 2. The summed E-state index contributed by atoms with van der Waals surface area (Å²) < 4.78 is 5.50. The summed E-state index contributed by atoms with van der Waals surface area (Å²) in [5, 5.41) is 0. The highest BCUT2D eigenvalue weighted by atomic mass is 16.5. The largest absolute Gasteiger partial charge is 0.493 e. The number of aromatic nitrogens is 1. The Hall–Kier alpha value is -2.76. The number of aromatic amines is 1. The molecule has 1 N–H and O–H groups in total. The first-order chi connectivity index (χ1) is 12.2. The molecule has 3 heterocycles. The van der Waals surface area contributed by atoms with Gasteiger partial charge in [-0.3, -0.25) is 9.59 Å². The van der Waals surface area contributed by atoms with Gasteiger partial charge in [0.15, 0.2) is 0 Å². The number of H-pyrrole nitrogens is 1. The minimum atomic E-state index is 0.0187. The maximum absolute atomic E-state index is 12.8. The fourth-order valence-electron chi connectivity index (χ4n) is 3.47. The molecule has 6 heteroatoms. The third-order valence-corrected chi connectivity index (χ3v) is 4.85. The number of hydrogen-bond donors (Lipinski definition) is 1. The van der Waals surface area contributed by atoms with Crippen molar-refractivity contribution in [1.29, 1.82) is 0 Å². The molecule has 0 aliphatic carbocycles. The third kappa shape index (κ3) is 3.12. The fourth-order valence-corrected chi connectivity index (χ4v) is 3.47. The second kappa shape index (κ2) is 6.63. The van der Waals surface area contributed by atoms with E-state index >= 15 is 0 Å². The van der Waals surface area contributed by atoms with Gasteiger partial charge in [0.05, 0.1) is 12.2 Å². The van der Waals surface area contributed by atoms with Crippen molar-refractivity contribution in [2.45, 2.75) is 12.8 Å². The van der Waals surface area contributed by atoms with Crippen molar-refractivity contribution in [2.24, 2.45) is 0 Å². The smallest absolute Gasteiger partial charge is 0.255 e. The van der Waals surface area contributed by atoms with Crippen molar-refractivity contribution in [3.63, 3.8) is 0 Å². The second-order valence-electron chi connectivity index (χ2n) is 6.46. The van der Waals surface area contributed by atoms with E-state index in [1.54, 1.807) is 18.5 Å². The summed E-state index contributed by atoms with van der Waals surface area (Å²) in [4.78, 5) is 31.9. The van der Waals surface area contributed by atoms with Crippen LogP contribution in [0, 0.1) is 0 Å². The predicted octanol–water partition coefficient (Wildman–Crippen LogP) is 1.94. The van der Waals surface area contributed by atoms with Crippen LogP contribution in [0.1, 0.15) is 32.7 Å². The van der Waals surface area contributed by atoms with E-state index in [0.717, 1.165) is 24.2 Å². The highest BCUT2D eigenvalue weighted by Crippen LogP contribution is 2.26. The van der Waals surface area contributed by atoms with Crippen molar-refractivity contribution >= 4 is 11.8 Å². The number of carbonyl (C=O) groups is 2. The lowest BCUT2D eigenvalue weighted by Crippen LogP contribution is -2.37. The van der Waals surface area contributed by atoms with Crippen molar-refractivity contribution in [1.82, 2.24) is 14.8 Å². The molecule has 0 unspecified atom stereocenters. The maximum atomic E-state index is 12.8. The van der Waals surface area contributed by atoms with Gasteiger partial charge in [-0.1, -0.05) is 0 Å². The van der Waals surface area contributed by atoms with Crippen LogP contribution < -0.4 is 4.74 Å². The number of nitrogens with zero attached hydrogens (tertiary/aromatic N) is 2. The molecule has 0 spiro atoms. The zero-order chi connectivity index (χ0) is 17.2. The minimum Gasteiger partial charge on any atom is -0.493 e. The van der Waals surface area contributed by atoms with Crippen LogP contribution in [0.15, 0.2) is 36.7 Å². The summed E-state index contributed by atoms with van der Waals surface area (Å²) in [7, 11) is 0. The molecule has 0 bridgehead atoms. The number of benzene rings is 1. The molecule has 1 saturated heterocycles. The molecule has 1 aromatic heterocycles. The van der Waals surface area contributed by atoms with E-state index in [-0.39, 0.29) is 11.8 Å². The number of ether oxygens (including phenoxy) is 1. The summed E-state index contributed by atoms with van der Waals surface area (Å²) in [6, 6.07) is 7.44. The van der Waals surface area contributed by atoms with Crippen molar-refractivity contribution in [2.75, 3.05) is 32.8 Å². The molecule has 0 atom stereocenters. The molecule has 1 fully saturated rings. The number of fused-ring (bicyclic) bond motifs is 1. The molecule has 2 aromatic rings. The van der Waals surface area contributed by atoms with E-state index in [1.165, 1.54) is 0 Å². The van der Waals surface area contributed by atoms with Crippen LogP contribution in [0.5, 0.6) is 5.75 Å². The Bertz CT molecular complexity index is 785. The van der Waals surface area contributed by atoms with E-state index in [2.05, 4.69) is 4.98 Å². The van der Waals surface area contributed by atoms with Crippen LogP contribution >= 0.6 is 0 Å². The van der Waals surface area contributed by atoms with Crippen LogP contribution in [-0.4, -0.2) is 59.4 Å². The summed E-state index contributed by atoms with van der Waals surface area (Å²) in [5.74, 6) is 0.937. The molecule has 0 saturated carbocycles. The van der Waals surface area contributed by atoms with Gasteiger partial charge in [-0.25, -0.2) is 0 Å². The lowest BCUT2D eigenvalue weighted by atomic mass is 10.1. The Morgan fingerprint density at radius 1 is 0.960 bits per heavy atom. The summed E-state index contributed by atoms with van der Waals surface area (Å²) in [6.45, 7) is 3.15. The Morgan fingerprint density at radius 2 is 1.72 bits per heavy atom. The average molecular weight is 339 g/mol. The molecular formula is C19H21N3O3. The van der Waals surface area contributed by atoms with Gasteiger partial charge in [-0.15, -0.1) is 0 Å². The molecule has 0 radical (unpaired) electrons. The van der Waals surface area contributed by atoms with Crippen LogP contribution in [0.2, 0.25) is 0 Å². The highest BCUT2D eigenvalue weighted by molar-refractivity contribution is 5.95. The van der Waals surface area contributed by atoms with Gasteiger partial charge < -0.3 is 19.5 Å². The number of nitrogens with one attached hydrogen (secondary N) is 1. The molecule has 6 nitrogen and oxygen atoms in total. The third-order valence-electron chi connectivity index (χ3n) is 4.85. The topological polar surface area (TPSA) is 65.6 Å². The minimum absolute atomic E-state index is 0.0187. The van der Waals surface area contributed by atoms with E-state index in [9.17, 15) is 9.59 Å². The average Bonchev–Trinajstić information content (AvgIpc) is 3.27. The fraction of sp³-hybridized carbons (Fsp3) is 0.368. The Labute approximate surface area is 146 Å². The zero-order valence-electron chi connectivity index (χ0n) is 14.0. The Morgan fingerprint density at radius 3 is 2.44 bits per heavy atom. The van der Waals surface area contributed by atoms with Gasteiger partial charge in [-0.05, 0) is 36.2 Å². The number of hydrogen-bond acceptors (Lipinski definition) is 3. The number of amides is 2. The van der Waals surface area contributed by atoms with Crippen molar-refractivity contribution < 1.29 is 14.3 Å². The first-order valence-corrected chi connectivity index (χ1v) is 8.69. The monoisotopic (exact) mass is 339 g/mol. The quantitative estimate of drug-likeness (QED) is 0.909. The van der Waals surface area contributed by atoms with Crippen LogP contribution in [0.25, 0.3) is 0 Å². The van der Waals surface area contributed by atoms with E-state index in [1.807, 2.05) is 28.0 Å². The van der Waals surface area contributed by atoms with Gasteiger partial charge in [-0.2, -0.15) is 0 Å². The first-order valence-electron chi connectivity index (χ1n) is 8.69. The van der Waals surface area contributed by atoms with E-state index in [4.69, 9.17) is 4.74 Å². The summed E-state index contributed by atoms with van der Waals surface area (Å²) in [5.41, 5.74) is 2.47. The van der Waals surface area contributed by atoms with Gasteiger partial charge >= 0.3 is 0 Å². The highest BCUT2D eigenvalue weighted by Gasteiger charge is 2.24. The molecule has 2 aliphatic rings. The lowest BCUT2D eigenvalue weighted by molar-refractivity contribution is 0.0719. The van der Waals surface area contributed by atoms with Gasteiger partial charge in [0.1, 0.15) is 5.75 Å². The molecular weight excluding hydrogens is 318 g/mol.